The van der Waals surface area contributed by atoms with Crippen molar-refractivity contribution >= 4 is 27.6 Å². The van der Waals surface area contributed by atoms with E-state index in [2.05, 4.69) is 4.90 Å². The van der Waals surface area contributed by atoms with Gasteiger partial charge < -0.3 is 9.47 Å². The molecule has 0 unspecified atom stereocenters. The smallest absolute Gasteiger partial charge is 0.323 e. The molecule has 2 aromatic carbocycles. The fraction of sp³-hybridized carbons (Fsp3) is 0.500. The molecule has 1 atom stereocenters. The van der Waals surface area contributed by atoms with Crippen molar-refractivity contribution < 1.29 is 22.7 Å². The van der Waals surface area contributed by atoms with Gasteiger partial charge in [0, 0.05) is 24.7 Å². The number of carbonyl (C=O) groups excluding carboxylic acids is 1. The van der Waals surface area contributed by atoms with Gasteiger partial charge in [-0.25, -0.2) is 8.42 Å². The summed E-state index contributed by atoms with van der Waals surface area (Å²) in [7, 11) is -3.57. The van der Waals surface area contributed by atoms with Crippen LogP contribution in [0.4, 0.5) is 0 Å². The normalized spacial score (nSPS) is 20.5. The largest absolute Gasteiger partial charge is 0.490 e. The van der Waals surface area contributed by atoms with Gasteiger partial charge in [-0.3, -0.25) is 9.69 Å². The summed E-state index contributed by atoms with van der Waals surface area (Å²) in [5.41, 5.74) is 1.08. The molecule has 0 saturated carbocycles. The number of nitrogens with zero attached hydrogens (tertiary/aromatic N) is 2. The molecule has 9 heteroatoms. The molecule has 0 aliphatic carbocycles. The van der Waals surface area contributed by atoms with Gasteiger partial charge in [-0.05, 0) is 75.0 Å². The van der Waals surface area contributed by atoms with E-state index in [-0.39, 0.29) is 23.0 Å². The van der Waals surface area contributed by atoms with Crippen molar-refractivity contribution in [1.82, 2.24) is 9.21 Å². The molecule has 2 aliphatic rings. The van der Waals surface area contributed by atoms with Gasteiger partial charge in [0.25, 0.3) is 0 Å². The summed E-state index contributed by atoms with van der Waals surface area (Å²) < 4.78 is 38.9. The molecule has 7 nitrogen and oxygen atoms in total. The van der Waals surface area contributed by atoms with Gasteiger partial charge in [0.05, 0.1) is 11.5 Å². The zero-order valence-corrected chi connectivity index (χ0v) is 21.6. The third-order valence-corrected chi connectivity index (χ3v) is 8.72. The van der Waals surface area contributed by atoms with Gasteiger partial charge in [-0.15, -0.1) is 0 Å². The number of carbonyl (C=O) groups is 1. The predicted octanol–water partition coefficient (Wildman–Crippen LogP) is 4.49. The van der Waals surface area contributed by atoms with Crippen molar-refractivity contribution in [2.75, 3.05) is 26.2 Å². The zero-order chi connectivity index (χ0) is 24.8. The van der Waals surface area contributed by atoms with Gasteiger partial charge in [-0.1, -0.05) is 36.2 Å². The Hall–Kier alpha value is -2.13. The summed E-state index contributed by atoms with van der Waals surface area (Å²) in [5, 5.41) is 0.405. The van der Waals surface area contributed by atoms with Gasteiger partial charge >= 0.3 is 5.97 Å². The first-order chi connectivity index (χ1) is 16.9. The molecule has 0 bridgehead atoms. The first kappa shape index (κ1) is 25.9. The molecule has 0 aromatic heterocycles. The molecule has 2 heterocycles. The molecule has 190 valence electrons. The second kappa shape index (κ2) is 11.7. The number of benzene rings is 2. The highest BCUT2D eigenvalue weighted by Gasteiger charge is 2.31. The molecular formula is C26H33ClN2O5S. The topological polar surface area (TPSA) is 76.2 Å². The fourth-order valence-corrected chi connectivity index (χ4v) is 6.57. The number of rotatable bonds is 8. The van der Waals surface area contributed by atoms with Crippen molar-refractivity contribution in [2.45, 2.75) is 62.6 Å². The summed E-state index contributed by atoms with van der Waals surface area (Å²) in [6, 6.07) is 14.1. The maximum Gasteiger partial charge on any atom is 0.323 e. The summed E-state index contributed by atoms with van der Waals surface area (Å²) in [5.74, 6) is 0.627. The average Bonchev–Trinajstić information content (AvgIpc) is 2.85. The second-order valence-electron chi connectivity index (χ2n) is 9.06. The van der Waals surface area contributed by atoms with Crippen LogP contribution in [0.15, 0.2) is 53.4 Å². The lowest BCUT2D eigenvalue weighted by Crippen LogP contribution is -2.44. The van der Waals surface area contributed by atoms with Crippen LogP contribution in [0.2, 0.25) is 5.02 Å². The van der Waals surface area contributed by atoms with E-state index < -0.39 is 10.0 Å². The van der Waals surface area contributed by atoms with Crippen molar-refractivity contribution in [2.24, 2.45) is 0 Å². The van der Waals surface area contributed by atoms with Crippen molar-refractivity contribution in [3.8, 4) is 5.75 Å². The van der Waals surface area contributed by atoms with Crippen molar-refractivity contribution in [3.05, 3.63) is 59.1 Å². The number of hydrogen-bond acceptors (Lipinski definition) is 6. The summed E-state index contributed by atoms with van der Waals surface area (Å²) in [6.07, 6.45) is 4.10. The summed E-state index contributed by atoms with van der Waals surface area (Å²) in [4.78, 5) is 14.8. The van der Waals surface area contributed by atoms with Crippen molar-refractivity contribution in [1.29, 1.82) is 0 Å². The van der Waals surface area contributed by atoms with Crippen LogP contribution in [0.5, 0.6) is 5.75 Å². The molecule has 2 aliphatic heterocycles. The Labute approximate surface area is 213 Å². The van der Waals surface area contributed by atoms with E-state index in [0.29, 0.717) is 44.1 Å². The van der Waals surface area contributed by atoms with Crippen LogP contribution in [0.3, 0.4) is 0 Å². The first-order valence-electron chi connectivity index (χ1n) is 12.3. The molecule has 0 N–H and O–H groups in total. The number of esters is 1. The van der Waals surface area contributed by atoms with E-state index in [0.717, 1.165) is 37.1 Å². The number of hydrogen-bond donors (Lipinski definition) is 0. The standard InChI is InChI=1S/C26H33ClN2O5S/c1-2-33-26(30)25-11-3-4-14-28(25)19-20-7-5-9-23(17-20)34-22-12-15-29(16-13-22)35(31,32)24-10-6-8-21(27)18-24/h5-10,17-18,22,25H,2-4,11-16,19H2,1H3/t25-/m0/s1. The third kappa shape index (κ3) is 6.55. The van der Waals surface area contributed by atoms with E-state index in [4.69, 9.17) is 21.1 Å². The van der Waals surface area contributed by atoms with E-state index in [1.54, 1.807) is 18.2 Å². The number of halogens is 1. The lowest BCUT2D eigenvalue weighted by Gasteiger charge is -2.34. The van der Waals surface area contributed by atoms with Crippen LogP contribution in [0.1, 0.15) is 44.6 Å². The lowest BCUT2D eigenvalue weighted by atomic mass is 10.0. The van der Waals surface area contributed by atoms with Crippen molar-refractivity contribution in [3.63, 3.8) is 0 Å². The molecule has 0 spiro atoms. The maximum atomic E-state index is 12.9. The Kier molecular flexibility index (Phi) is 8.70. The van der Waals surface area contributed by atoms with Crippen LogP contribution in [-0.4, -0.2) is 62.0 Å². The molecule has 2 fully saturated rings. The third-order valence-electron chi connectivity index (χ3n) is 6.59. The highest BCUT2D eigenvalue weighted by atomic mass is 35.5. The van der Waals surface area contributed by atoms with E-state index in [9.17, 15) is 13.2 Å². The van der Waals surface area contributed by atoms with Crippen LogP contribution >= 0.6 is 11.6 Å². The van der Waals surface area contributed by atoms with Gasteiger partial charge in [0.15, 0.2) is 0 Å². The minimum absolute atomic E-state index is 0.0571. The molecule has 0 radical (unpaired) electrons. The molecule has 0 amide bonds. The van der Waals surface area contributed by atoms with Gasteiger partial charge in [0.1, 0.15) is 17.9 Å². The molecule has 2 saturated heterocycles. The predicted molar refractivity (Wildman–Crippen MR) is 135 cm³/mol. The lowest BCUT2D eigenvalue weighted by molar-refractivity contribution is -0.151. The monoisotopic (exact) mass is 520 g/mol. The Bertz CT molecular complexity index is 1120. The van der Waals surface area contributed by atoms with Crippen LogP contribution in [0, 0.1) is 0 Å². The second-order valence-corrected chi connectivity index (χ2v) is 11.4. The van der Waals surface area contributed by atoms with Crippen LogP contribution in [0.25, 0.3) is 0 Å². The van der Waals surface area contributed by atoms with Crippen LogP contribution < -0.4 is 4.74 Å². The maximum absolute atomic E-state index is 12.9. The number of sulfonamides is 1. The number of likely N-dealkylation sites (tertiary alicyclic amines) is 1. The molecule has 4 rings (SSSR count). The fourth-order valence-electron chi connectivity index (χ4n) is 4.80. The quantitative estimate of drug-likeness (QED) is 0.477. The first-order valence-corrected chi connectivity index (χ1v) is 14.1. The van der Waals surface area contributed by atoms with Gasteiger partial charge in [-0.2, -0.15) is 4.31 Å². The van der Waals surface area contributed by atoms with Gasteiger partial charge in [0.2, 0.25) is 10.0 Å². The SMILES string of the molecule is CCOC(=O)[C@@H]1CCCCN1Cc1cccc(OC2CCN(S(=O)(=O)c3cccc(Cl)c3)CC2)c1. The summed E-state index contributed by atoms with van der Waals surface area (Å²) in [6.45, 7) is 4.56. The minimum atomic E-state index is -3.57. The zero-order valence-electron chi connectivity index (χ0n) is 20.1. The highest BCUT2D eigenvalue weighted by molar-refractivity contribution is 7.89. The Morgan fingerprint density at radius 1 is 1.03 bits per heavy atom. The number of piperidine rings is 2. The summed E-state index contributed by atoms with van der Waals surface area (Å²) >= 11 is 5.99. The van der Waals surface area contributed by atoms with E-state index in [1.165, 1.54) is 10.4 Å². The Morgan fingerprint density at radius 3 is 2.54 bits per heavy atom. The minimum Gasteiger partial charge on any atom is -0.490 e. The molecule has 2 aromatic rings. The van der Waals surface area contributed by atoms with Crippen LogP contribution in [-0.2, 0) is 26.1 Å². The Balaban J connectivity index is 1.34. The highest BCUT2D eigenvalue weighted by Crippen LogP contribution is 2.27. The van der Waals surface area contributed by atoms with E-state index >= 15 is 0 Å². The number of ether oxygens (including phenoxy) is 2. The average molecular weight is 521 g/mol. The van der Waals surface area contributed by atoms with E-state index in [1.807, 2.05) is 31.2 Å². The molecule has 35 heavy (non-hydrogen) atoms. The Morgan fingerprint density at radius 2 is 1.80 bits per heavy atom. The molecular weight excluding hydrogens is 488 g/mol.